The number of fused-ring (bicyclic) bond motifs is 5. The summed E-state index contributed by atoms with van der Waals surface area (Å²) in [6.45, 7) is 2.18. The predicted molar refractivity (Wildman–Crippen MR) is 85.0 cm³/mol. The Labute approximate surface area is 129 Å². The molecule has 2 N–H and O–H groups in total. The molecule has 1 amide bonds. The second-order valence-electron chi connectivity index (χ2n) is 5.89. The van der Waals surface area contributed by atoms with Gasteiger partial charge in [-0.3, -0.25) is 4.79 Å². The van der Waals surface area contributed by atoms with E-state index in [0.717, 1.165) is 17.9 Å². The average molecular weight is 294 g/mol. The number of carbonyl (C=O) groups excluding carboxylic acids is 1. The standard InChI is InChI=1S/C18H18N2O2/c1-12(21)19-11-10-18-13-6-2-4-8-15(13)20-17(18)22-16-9-5-3-7-14(16)18/h2-9,17,20H,10-11H2,1H3,(H,19,21)/t17-,18+/m0/s1. The van der Waals surface area contributed by atoms with E-state index in [1.165, 1.54) is 11.1 Å². The van der Waals surface area contributed by atoms with Crippen LogP contribution in [0.5, 0.6) is 5.75 Å². The molecule has 0 aliphatic carbocycles. The lowest BCUT2D eigenvalue weighted by atomic mass is 9.73. The molecule has 2 aliphatic rings. The fourth-order valence-electron chi connectivity index (χ4n) is 3.72. The summed E-state index contributed by atoms with van der Waals surface area (Å²) in [6, 6.07) is 16.5. The Morgan fingerprint density at radius 2 is 1.91 bits per heavy atom. The van der Waals surface area contributed by atoms with Crippen LogP contribution >= 0.6 is 0 Å². The first-order valence-corrected chi connectivity index (χ1v) is 7.58. The van der Waals surface area contributed by atoms with Gasteiger partial charge >= 0.3 is 0 Å². The van der Waals surface area contributed by atoms with E-state index in [0.29, 0.717) is 6.54 Å². The van der Waals surface area contributed by atoms with Crippen molar-refractivity contribution in [3.05, 3.63) is 59.7 Å². The number of carbonyl (C=O) groups is 1. The molecule has 2 aliphatic heterocycles. The number of benzene rings is 2. The molecular weight excluding hydrogens is 276 g/mol. The smallest absolute Gasteiger partial charge is 0.216 e. The zero-order chi connectivity index (χ0) is 15.2. The van der Waals surface area contributed by atoms with E-state index in [-0.39, 0.29) is 17.6 Å². The van der Waals surface area contributed by atoms with Crippen LogP contribution in [0.1, 0.15) is 24.5 Å². The fraction of sp³-hybridized carbons (Fsp3) is 0.278. The molecular formula is C18H18N2O2. The van der Waals surface area contributed by atoms with Crippen LogP contribution in [0.2, 0.25) is 0 Å². The van der Waals surface area contributed by atoms with Crippen molar-refractivity contribution in [1.29, 1.82) is 0 Å². The number of amides is 1. The minimum Gasteiger partial charge on any atom is -0.469 e. The van der Waals surface area contributed by atoms with Gasteiger partial charge in [-0.15, -0.1) is 0 Å². The number of hydrogen-bond acceptors (Lipinski definition) is 3. The number of ether oxygens (including phenoxy) is 1. The number of nitrogens with one attached hydrogen (secondary N) is 2. The lowest BCUT2D eigenvalue weighted by Gasteiger charge is -2.28. The third-order valence-corrected chi connectivity index (χ3v) is 4.65. The maximum atomic E-state index is 11.2. The zero-order valence-corrected chi connectivity index (χ0v) is 12.4. The van der Waals surface area contributed by atoms with Gasteiger partial charge in [0.2, 0.25) is 5.91 Å². The molecule has 0 radical (unpaired) electrons. The maximum absolute atomic E-state index is 11.2. The predicted octanol–water partition coefficient (Wildman–Crippen LogP) is 2.64. The van der Waals surface area contributed by atoms with Gasteiger partial charge in [0.15, 0.2) is 6.23 Å². The minimum absolute atomic E-state index is 0.000563. The normalized spacial score (nSPS) is 23.8. The second kappa shape index (κ2) is 4.77. The lowest BCUT2D eigenvalue weighted by molar-refractivity contribution is -0.119. The average Bonchev–Trinajstić information content (AvgIpc) is 2.98. The maximum Gasteiger partial charge on any atom is 0.216 e. The van der Waals surface area contributed by atoms with Crippen LogP contribution in [0, 0.1) is 0 Å². The van der Waals surface area contributed by atoms with Crippen molar-refractivity contribution >= 4 is 11.6 Å². The van der Waals surface area contributed by atoms with E-state index in [1.807, 2.05) is 24.3 Å². The van der Waals surface area contributed by atoms with Crippen LogP contribution in [0.4, 0.5) is 5.69 Å². The van der Waals surface area contributed by atoms with E-state index in [2.05, 4.69) is 34.9 Å². The van der Waals surface area contributed by atoms with Gasteiger partial charge < -0.3 is 15.4 Å². The second-order valence-corrected chi connectivity index (χ2v) is 5.89. The minimum atomic E-state index is -0.240. The topological polar surface area (TPSA) is 50.4 Å². The van der Waals surface area contributed by atoms with Gasteiger partial charge in [0.25, 0.3) is 0 Å². The van der Waals surface area contributed by atoms with E-state index >= 15 is 0 Å². The van der Waals surface area contributed by atoms with Crippen molar-refractivity contribution in [2.75, 3.05) is 11.9 Å². The molecule has 0 saturated heterocycles. The molecule has 4 nitrogen and oxygen atoms in total. The van der Waals surface area contributed by atoms with Gasteiger partial charge in [0, 0.05) is 24.7 Å². The summed E-state index contributed by atoms with van der Waals surface area (Å²) in [5, 5.41) is 6.41. The Kier molecular flexibility index (Phi) is 2.86. The third-order valence-electron chi connectivity index (χ3n) is 4.65. The van der Waals surface area contributed by atoms with Gasteiger partial charge in [0.1, 0.15) is 5.75 Å². The third kappa shape index (κ3) is 1.73. The molecule has 2 atom stereocenters. The Morgan fingerprint density at radius 1 is 1.18 bits per heavy atom. The lowest BCUT2D eigenvalue weighted by Crippen LogP contribution is -2.41. The summed E-state index contributed by atoms with van der Waals surface area (Å²) in [6.07, 6.45) is 0.689. The van der Waals surface area contributed by atoms with E-state index in [4.69, 9.17) is 4.74 Å². The highest BCUT2D eigenvalue weighted by Gasteiger charge is 2.54. The molecule has 4 rings (SSSR count). The van der Waals surface area contributed by atoms with E-state index in [9.17, 15) is 4.79 Å². The SMILES string of the molecule is CC(=O)NCC[C@]12c3ccccc3N[C@H]1Oc1ccccc12. The van der Waals surface area contributed by atoms with Gasteiger partial charge in [-0.2, -0.15) is 0 Å². The first-order valence-electron chi connectivity index (χ1n) is 7.58. The van der Waals surface area contributed by atoms with Crippen LogP contribution in [0.25, 0.3) is 0 Å². The first kappa shape index (κ1) is 13.2. The van der Waals surface area contributed by atoms with Crippen molar-refractivity contribution in [2.45, 2.75) is 25.0 Å². The highest BCUT2D eigenvalue weighted by atomic mass is 16.5. The van der Waals surface area contributed by atoms with Gasteiger partial charge in [-0.05, 0) is 24.1 Å². The van der Waals surface area contributed by atoms with Gasteiger partial charge in [0.05, 0.1) is 5.41 Å². The molecule has 2 aromatic carbocycles. The van der Waals surface area contributed by atoms with Crippen molar-refractivity contribution in [3.63, 3.8) is 0 Å². The molecule has 0 bridgehead atoms. The van der Waals surface area contributed by atoms with Gasteiger partial charge in [-0.1, -0.05) is 36.4 Å². The summed E-state index contributed by atoms with van der Waals surface area (Å²) >= 11 is 0. The van der Waals surface area contributed by atoms with E-state index in [1.54, 1.807) is 6.92 Å². The molecule has 22 heavy (non-hydrogen) atoms. The molecule has 0 saturated carbocycles. The van der Waals surface area contributed by atoms with Crippen LogP contribution in [-0.4, -0.2) is 18.7 Å². The molecule has 0 fully saturated rings. The Bertz CT molecular complexity index is 692. The largest absolute Gasteiger partial charge is 0.469 e. The van der Waals surface area contributed by atoms with Crippen molar-refractivity contribution in [2.24, 2.45) is 0 Å². The number of hydrogen-bond donors (Lipinski definition) is 2. The molecule has 112 valence electrons. The number of rotatable bonds is 3. The monoisotopic (exact) mass is 294 g/mol. The van der Waals surface area contributed by atoms with Crippen molar-refractivity contribution < 1.29 is 9.53 Å². The van der Waals surface area contributed by atoms with Crippen LogP contribution in [0.15, 0.2) is 48.5 Å². The molecule has 0 spiro atoms. The van der Waals surface area contributed by atoms with Crippen molar-refractivity contribution in [1.82, 2.24) is 5.32 Å². The van der Waals surface area contributed by atoms with Crippen molar-refractivity contribution in [3.8, 4) is 5.75 Å². The van der Waals surface area contributed by atoms with Crippen LogP contribution in [-0.2, 0) is 10.2 Å². The summed E-state index contributed by atoms with van der Waals surface area (Å²) in [5.74, 6) is 0.928. The summed E-state index contributed by atoms with van der Waals surface area (Å²) in [7, 11) is 0. The number of anilines is 1. The Balaban J connectivity index is 1.82. The molecule has 0 aromatic heterocycles. The van der Waals surface area contributed by atoms with Crippen LogP contribution < -0.4 is 15.4 Å². The quantitative estimate of drug-likeness (QED) is 0.915. The molecule has 2 heterocycles. The first-order chi connectivity index (χ1) is 10.7. The summed E-state index contributed by atoms with van der Waals surface area (Å²) in [4.78, 5) is 11.2. The highest BCUT2D eigenvalue weighted by molar-refractivity contribution is 5.73. The van der Waals surface area contributed by atoms with Crippen LogP contribution in [0.3, 0.4) is 0 Å². The van der Waals surface area contributed by atoms with E-state index < -0.39 is 0 Å². The fourth-order valence-corrected chi connectivity index (χ4v) is 3.72. The molecule has 2 aromatic rings. The zero-order valence-electron chi connectivity index (χ0n) is 12.4. The summed E-state index contributed by atoms with van der Waals surface area (Å²) in [5.41, 5.74) is 3.32. The highest BCUT2D eigenvalue weighted by Crippen LogP contribution is 2.55. The summed E-state index contributed by atoms with van der Waals surface area (Å²) < 4.78 is 6.15. The van der Waals surface area contributed by atoms with Gasteiger partial charge in [-0.25, -0.2) is 0 Å². The Morgan fingerprint density at radius 3 is 2.73 bits per heavy atom. The molecule has 0 unspecified atom stereocenters. The Hall–Kier alpha value is -2.49. The number of para-hydroxylation sites is 2. The molecule has 4 heteroatoms.